The molecule has 1 aromatic carbocycles. The minimum atomic E-state index is -0.136. The van der Waals surface area contributed by atoms with Gasteiger partial charge >= 0.3 is 0 Å². The third-order valence-corrected chi connectivity index (χ3v) is 5.37. The minimum Gasteiger partial charge on any atom is -0.396 e. The Morgan fingerprint density at radius 2 is 1.73 bits per heavy atom. The van der Waals surface area contributed by atoms with E-state index in [0.717, 1.165) is 25.9 Å². The molecule has 7 heteroatoms. The highest BCUT2D eigenvalue weighted by Gasteiger charge is 2.20. The number of hydrogen-bond acceptors (Lipinski definition) is 5. The van der Waals surface area contributed by atoms with Gasteiger partial charge in [-0.15, -0.1) is 11.3 Å². The van der Waals surface area contributed by atoms with Gasteiger partial charge < -0.3 is 15.7 Å². The number of rotatable bonds is 6. The molecule has 0 bridgehead atoms. The van der Waals surface area contributed by atoms with Gasteiger partial charge in [0.1, 0.15) is 0 Å². The molecule has 1 aromatic heterocycles. The molecule has 2 aromatic rings. The van der Waals surface area contributed by atoms with Crippen molar-refractivity contribution in [3.63, 3.8) is 0 Å². The van der Waals surface area contributed by atoms with Gasteiger partial charge in [-0.3, -0.25) is 14.5 Å². The molecule has 6 nitrogen and oxygen atoms in total. The number of anilines is 2. The molecule has 1 aliphatic rings. The largest absolute Gasteiger partial charge is 0.396 e. The second-order valence-corrected chi connectivity index (χ2v) is 7.41. The second kappa shape index (κ2) is 8.93. The third kappa shape index (κ3) is 5.14. The molecule has 3 rings (SSSR count). The van der Waals surface area contributed by atoms with Gasteiger partial charge in [-0.25, -0.2) is 0 Å². The van der Waals surface area contributed by atoms with Crippen LogP contribution in [0.1, 0.15) is 22.5 Å². The lowest BCUT2D eigenvalue weighted by molar-refractivity contribution is -0.117. The van der Waals surface area contributed by atoms with E-state index in [-0.39, 0.29) is 18.4 Å². The van der Waals surface area contributed by atoms with Crippen LogP contribution in [0.4, 0.5) is 11.4 Å². The normalized spacial score (nSPS) is 15.6. The monoisotopic (exact) mass is 373 g/mol. The van der Waals surface area contributed by atoms with Crippen LogP contribution in [0.3, 0.4) is 0 Å². The van der Waals surface area contributed by atoms with E-state index < -0.39 is 0 Å². The number of likely N-dealkylation sites (tertiary alicyclic amines) is 1. The number of amides is 2. The number of thiophene rings is 1. The average molecular weight is 373 g/mol. The maximum Gasteiger partial charge on any atom is 0.265 e. The fraction of sp³-hybridized carbons (Fsp3) is 0.368. The SMILES string of the molecule is O=C(CN1CCC(CO)CC1)Nc1ccc(NC(=O)c2cccs2)cc1. The number of aliphatic hydroxyl groups is 1. The molecule has 1 aliphatic heterocycles. The molecule has 0 aliphatic carbocycles. The van der Waals surface area contributed by atoms with E-state index >= 15 is 0 Å². The zero-order valence-electron chi connectivity index (χ0n) is 14.5. The highest BCUT2D eigenvalue weighted by Crippen LogP contribution is 2.18. The van der Waals surface area contributed by atoms with Gasteiger partial charge in [0.15, 0.2) is 0 Å². The third-order valence-electron chi connectivity index (χ3n) is 4.50. The van der Waals surface area contributed by atoms with Crippen LogP contribution in [0.25, 0.3) is 0 Å². The molecule has 0 atom stereocenters. The summed E-state index contributed by atoms with van der Waals surface area (Å²) in [5, 5.41) is 16.7. The number of nitrogens with one attached hydrogen (secondary N) is 2. The first-order valence-corrected chi connectivity index (χ1v) is 9.60. The average Bonchev–Trinajstić information content (AvgIpc) is 3.19. The van der Waals surface area contributed by atoms with E-state index in [2.05, 4.69) is 15.5 Å². The fourth-order valence-electron chi connectivity index (χ4n) is 2.97. The smallest absolute Gasteiger partial charge is 0.265 e. The Kier molecular flexibility index (Phi) is 6.38. The maximum absolute atomic E-state index is 12.2. The van der Waals surface area contributed by atoms with E-state index in [0.29, 0.717) is 28.7 Å². The Balaban J connectivity index is 1.46. The Morgan fingerprint density at radius 1 is 1.08 bits per heavy atom. The topological polar surface area (TPSA) is 81.7 Å². The second-order valence-electron chi connectivity index (χ2n) is 6.46. The van der Waals surface area contributed by atoms with Gasteiger partial charge in [-0.05, 0) is 67.6 Å². The van der Waals surface area contributed by atoms with Gasteiger partial charge in [0.25, 0.3) is 5.91 Å². The maximum atomic E-state index is 12.2. The van der Waals surface area contributed by atoms with Gasteiger partial charge in [0, 0.05) is 18.0 Å². The summed E-state index contributed by atoms with van der Waals surface area (Å²) in [6, 6.07) is 10.7. The number of piperidine rings is 1. The summed E-state index contributed by atoms with van der Waals surface area (Å²) in [7, 11) is 0. The summed E-state index contributed by atoms with van der Waals surface area (Å²) in [5.74, 6) is 0.178. The predicted octanol–water partition coefficient (Wildman–Crippen LogP) is 2.64. The molecular formula is C19H23N3O3S. The molecule has 2 heterocycles. The molecule has 2 amide bonds. The number of aliphatic hydroxyl groups excluding tert-OH is 1. The zero-order chi connectivity index (χ0) is 18.4. The lowest BCUT2D eigenvalue weighted by Gasteiger charge is -2.30. The van der Waals surface area contributed by atoms with Crippen molar-refractivity contribution >= 4 is 34.5 Å². The van der Waals surface area contributed by atoms with Crippen molar-refractivity contribution in [1.82, 2.24) is 4.90 Å². The molecule has 26 heavy (non-hydrogen) atoms. The summed E-state index contributed by atoms with van der Waals surface area (Å²) < 4.78 is 0. The van der Waals surface area contributed by atoms with Crippen molar-refractivity contribution in [2.45, 2.75) is 12.8 Å². The van der Waals surface area contributed by atoms with Crippen LogP contribution in [0.15, 0.2) is 41.8 Å². The standard InChI is InChI=1S/C19H23N3O3S/c23-13-14-7-9-22(10-8-14)12-18(24)20-15-3-5-16(6-4-15)21-19(25)17-2-1-11-26-17/h1-6,11,14,23H,7-10,12-13H2,(H,20,24)(H,21,25). The van der Waals surface area contributed by atoms with Crippen molar-refractivity contribution in [2.24, 2.45) is 5.92 Å². The van der Waals surface area contributed by atoms with Gasteiger partial charge in [-0.2, -0.15) is 0 Å². The van der Waals surface area contributed by atoms with Crippen LogP contribution in [-0.4, -0.2) is 48.1 Å². The molecule has 1 saturated heterocycles. The molecule has 138 valence electrons. The Morgan fingerprint density at radius 3 is 2.31 bits per heavy atom. The number of benzene rings is 1. The van der Waals surface area contributed by atoms with E-state index in [1.165, 1.54) is 11.3 Å². The summed E-state index contributed by atoms with van der Waals surface area (Å²) in [6.07, 6.45) is 1.87. The van der Waals surface area contributed by atoms with Gasteiger partial charge in [0.05, 0.1) is 11.4 Å². The summed E-state index contributed by atoms with van der Waals surface area (Å²) in [4.78, 5) is 27.0. The summed E-state index contributed by atoms with van der Waals surface area (Å²) in [6.45, 7) is 2.27. The van der Waals surface area contributed by atoms with Crippen LogP contribution in [-0.2, 0) is 4.79 Å². The summed E-state index contributed by atoms with van der Waals surface area (Å²) >= 11 is 1.39. The summed E-state index contributed by atoms with van der Waals surface area (Å²) in [5.41, 5.74) is 1.39. The number of carbonyl (C=O) groups excluding carboxylic acids is 2. The first kappa shape index (κ1) is 18.6. The highest BCUT2D eigenvalue weighted by molar-refractivity contribution is 7.12. The lowest BCUT2D eigenvalue weighted by Crippen LogP contribution is -2.39. The van der Waals surface area contributed by atoms with Crippen LogP contribution < -0.4 is 10.6 Å². The van der Waals surface area contributed by atoms with Crippen molar-refractivity contribution < 1.29 is 14.7 Å². The van der Waals surface area contributed by atoms with Crippen LogP contribution in [0, 0.1) is 5.92 Å². The van der Waals surface area contributed by atoms with Crippen molar-refractivity contribution in [3.05, 3.63) is 46.7 Å². The van der Waals surface area contributed by atoms with Crippen LogP contribution in [0.2, 0.25) is 0 Å². The van der Waals surface area contributed by atoms with Crippen molar-refractivity contribution in [2.75, 3.05) is 36.9 Å². The molecular weight excluding hydrogens is 350 g/mol. The number of hydrogen-bond donors (Lipinski definition) is 3. The molecule has 1 fully saturated rings. The minimum absolute atomic E-state index is 0.0529. The fourth-order valence-corrected chi connectivity index (χ4v) is 3.59. The number of nitrogens with zero attached hydrogens (tertiary/aromatic N) is 1. The Labute approximate surface area is 156 Å². The Bertz CT molecular complexity index is 723. The zero-order valence-corrected chi connectivity index (χ0v) is 15.3. The first-order valence-electron chi connectivity index (χ1n) is 8.72. The van der Waals surface area contributed by atoms with Crippen molar-refractivity contribution in [1.29, 1.82) is 0 Å². The first-order chi connectivity index (χ1) is 12.6. The Hall–Kier alpha value is -2.22. The van der Waals surface area contributed by atoms with Crippen LogP contribution >= 0.6 is 11.3 Å². The van der Waals surface area contributed by atoms with Gasteiger partial charge in [-0.1, -0.05) is 6.07 Å². The lowest BCUT2D eigenvalue weighted by atomic mass is 9.98. The predicted molar refractivity (Wildman–Crippen MR) is 104 cm³/mol. The quantitative estimate of drug-likeness (QED) is 0.727. The molecule has 0 radical (unpaired) electrons. The van der Waals surface area contributed by atoms with E-state index in [4.69, 9.17) is 5.11 Å². The molecule has 3 N–H and O–H groups in total. The molecule has 0 spiro atoms. The molecule has 0 saturated carbocycles. The van der Waals surface area contributed by atoms with Gasteiger partial charge in [0.2, 0.25) is 5.91 Å². The number of carbonyl (C=O) groups is 2. The van der Waals surface area contributed by atoms with Crippen LogP contribution in [0.5, 0.6) is 0 Å². The van der Waals surface area contributed by atoms with E-state index in [1.807, 2.05) is 11.4 Å². The molecule has 0 unspecified atom stereocenters. The van der Waals surface area contributed by atoms with E-state index in [9.17, 15) is 9.59 Å². The highest BCUT2D eigenvalue weighted by atomic mass is 32.1. The van der Waals surface area contributed by atoms with E-state index in [1.54, 1.807) is 30.3 Å². The van der Waals surface area contributed by atoms with Crippen molar-refractivity contribution in [3.8, 4) is 0 Å².